The number of thioether (sulfide) groups is 1. The molecule has 0 aliphatic carbocycles. The molecule has 1 aromatic heterocycles. The molecule has 9 heteroatoms. The highest BCUT2D eigenvalue weighted by atomic mass is 32.2. The molecule has 5 nitrogen and oxygen atoms in total. The summed E-state index contributed by atoms with van der Waals surface area (Å²) in [5, 5.41) is 9.49. The van der Waals surface area contributed by atoms with Crippen LogP contribution in [0.3, 0.4) is 0 Å². The number of benzene rings is 2. The summed E-state index contributed by atoms with van der Waals surface area (Å²) in [7, 11) is 1.50. The molecule has 1 aliphatic heterocycles. The lowest BCUT2D eigenvalue weighted by Gasteiger charge is -2.28. The second-order valence-corrected chi connectivity index (χ2v) is 10.2. The Labute approximate surface area is 230 Å². The molecule has 0 N–H and O–H groups in total. The number of nitrogens with zero attached hydrogens (tertiary/aromatic N) is 3. The number of ether oxygens (including phenoxy) is 1. The van der Waals surface area contributed by atoms with E-state index in [0.29, 0.717) is 16.9 Å². The van der Waals surface area contributed by atoms with Crippen LogP contribution in [0, 0.1) is 18.3 Å². The molecule has 39 heavy (non-hydrogen) atoms. The summed E-state index contributed by atoms with van der Waals surface area (Å²) in [5.41, 5.74) is 2.44. The van der Waals surface area contributed by atoms with Crippen molar-refractivity contribution < 1.29 is 22.7 Å². The number of halogens is 3. The smallest absolute Gasteiger partial charge is 0.433 e. The molecule has 202 valence electrons. The van der Waals surface area contributed by atoms with E-state index in [1.165, 1.54) is 39.4 Å². The molecule has 4 rings (SSSR count). The molecular weight excluding hydrogens is 523 g/mol. The molecule has 1 saturated heterocycles. The predicted octanol–water partition coefficient (Wildman–Crippen LogP) is 7.47. The average Bonchev–Trinajstić information content (AvgIpc) is 2.94. The number of pyridine rings is 1. The van der Waals surface area contributed by atoms with E-state index in [4.69, 9.17) is 4.74 Å². The fraction of sp³-hybridized carbons (Fsp3) is 0.300. The van der Waals surface area contributed by atoms with Gasteiger partial charge in [-0.1, -0.05) is 12.1 Å². The van der Waals surface area contributed by atoms with Crippen molar-refractivity contribution in [1.82, 2.24) is 4.98 Å². The molecule has 0 radical (unpaired) electrons. The van der Waals surface area contributed by atoms with Gasteiger partial charge in [0, 0.05) is 35.7 Å². The van der Waals surface area contributed by atoms with Crippen LogP contribution in [-0.2, 0) is 11.9 Å². The summed E-state index contributed by atoms with van der Waals surface area (Å²) in [6.45, 7) is 3.53. The molecule has 1 aliphatic rings. The van der Waals surface area contributed by atoms with Crippen molar-refractivity contribution >= 4 is 29.3 Å². The lowest BCUT2D eigenvalue weighted by atomic mass is 10.1. The van der Waals surface area contributed by atoms with Crippen molar-refractivity contribution in [3.05, 3.63) is 88.1 Å². The number of carbonyl (C=O) groups is 1. The van der Waals surface area contributed by atoms with Crippen LogP contribution in [0.2, 0.25) is 0 Å². The molecule has 0 amide bonds. The van der Waals surface area contributed by atoms with E-state index >= 15 is 0 Å². The van der Waals surface area contributed by atoms with Crippen LogP contribution in [0.25, 0.3) is 6.08 Å². The number of anilines is 1. The van der Waals surface area contributed by atoms with Crippen LogP contribution in [0.4, 0.5) is 18.9 Å². The van der Waals surface area contributed by atoms with Crippen LogP contribution >= 0.6 is 11.8 Å². The lowest BCUT2D eigenvalue weighted by molar-refractivity contribution is -0.141. The average molecular weight is 552 g/mol. The molecule has 2 heterocycles. The zero-order chi connectivity index (χ0) is 28.0. The van der Waals surface area contributed by atoms with Gasteiger partial charge in [0.1, 0.15) is 22.5 Å². The summed E-state index contributed by atoms with van der Waals surface area (Å²) in [6, 6.07) is 15.8. The Morgan fingerprint density at radius 2 is 1.85 bits per heavy atom. The summed E-state index contributed by atoms with van der Waals surface area (Å²) in [5.74, 6) is 0.634. The van der Waals surface area contributed by atoms with Crippen molar-refractivity contribution in [2.75, 3.05) is 25.1 Å². The molecule has 0 atom stereocenters. The Morgan fingerprint density at radius 3 is 2.49 bits per heavy atom. The summed E-state index contributed by atoms with van der Waals surface area (Å²) in [4.78, 5) is 18.8. The fourth-order valence-electron chi connectivity index (χ4n) is 4.45. The zero-order valence-corrected chi connectivity index (χ0v) is 22.5. The predicted molar refractivity (Wildman–Crippen MR) is 147 cm³/mol. The SMILES string of the molecule is COc1ccc(/C=C/C(=O)c2ccc(N3CCCCC3)cc2)cc1CSc1nc(C(F)(F)F)cc(C)c1C#N. The number of nitriles is 1. The highest BCUT2D eigenvalue weighted by Crippen LogP contribution is 2.35. The maximum absolute atomic E-state index is 13.3. The van der Waals surface area contributed by atoms with E-state index in [1.807, 2.05) is 36.4 Å². The third-order valence-corrected chi connectivity index (χ3v) is 7.58. The van der Waals surface area contributed by atoms with Crippen molar-refractivity contribution in [2.24, 2.45) is 0 Å². The number of carbonyl (C=O) groups excluding carboxylic acids is 1. The first-order valence-corrected chi connectivity index (χ1v) is 13.5. The van der Waals surface area contributed by atoms with Crippen LogP contribution in [-0.4, -0.2) is 31.0 Å². The van der Waals surface area contributed by atoms with E-state index in [9.17, 15) is 23.2 Å². The summed E-state index contributed by atoms with van der Waals surface area (Å²) in [6.07, 6.45) is 2.20. The molecule has 1 fully saturated rings. The number of rotatable bonds is 8. The van der Waals surface area contributed by atoms with E-state index < -0.39 is 11.9 Å². The van der Waals surface area contributed by atoms with Crippen molar-refractivity contribution in [3.8, 4) is 11.8 Å². The molecular formula is C30H28F3N3O2S. The van der Waals surface area contributed by atoms with Gasteiger partial charge in [0.2, 0.25) is 0 Å². The molecule has 2 aromatic carbocycles. The van der Waals surface area contributed by atoms with Crippen molar-refractivity contribution in [3.63, 3.8) is 0 Å². The zero-order valence-electron chi connectivity index (χ0n) is 21.7. The van der Waals surface area contributed by atoms with Gasteiger partial charge in [-0.3, -0.25) is 4.79 Å². The first kappa shape index (κ1) is 28.2. The van der Waals surface area contributed by atoms with Gasteiger partial charge in [0.15, 0.2) is 5.78 Å². The quantitative estimate of drug-likeness (QED) is 0.164. The standard InChI is InChI=1S/C30H28F3N3O2S/c1-20-16-28(30(31,32)33)35-29(25(20)18-34)39-19-23-17-21(7-13-27(23)38-2)6-12-26(37)22-8-10-24(11-9-22)36-14-4-3-5-15-36/h6-13,16-17H,3-5,14-15,19H2,1-2H3/b12-6+. The first-order chi connectivity index (χ1) is 18.7. The molecule has 0 spiro atoms. The van der Waals surface area contributed by atoms with Gasteiger partial charge in [-0.15, -0.1) is 11.8 Å². The number of hydrogen-bond donors (Lipinski definition) is 0. The fourth-order valence-corrected chi connectivity index (χ4v) is 5.48. The number of allylic oxidation sites excluding steroid dienone is 1. The topological polar surface area (TPSA) is 66.2 Å². The first-order valence-electron chi connectivity index (χ1n) is 12.6. The third kappa shape index (κ3) is 7.01. The Balaban J connectivity index is 1.49. The van der Waals surface area contributed by atoms with Crippen LogP contribution in [0.5, 0.6) is 5.75 Å². The summed E-state index contributed by atoms with van der Waals surface area (Å²) >= 11 is 1.03. The van der Waals surface area contributed by atoms with E-state index in [1.54, 1.807) is 18.2 Å². The Bertz CT molecular complexity index is 1410. The van der Waals surface area contributed by atoms with Crippen LogP contribution < -0.4 is 9.64 Å². The minimum Gasteiger partial charge on any atom is -0.496 e. The highest BCUT2D eigenvalue weighted by Gasteiger charge is 2.34. The van der Waals surface area contributed by atoms with Gasteiger partial charge < -0.3 is 9.64 Å². The third-order valence-electron chi connectivity index (χ3n) is 6.55. The number of aromatic nitrogens is 1. The molecule has 0 unspecified atom stereocenters. The maximum Gasteiger partial charge on any atom is 0.433 e. The number of aryl methyl sites for hydroxylation is 1. The second-order valence-electron chi connectivity index (χ2n) is 9.27. The number of hydrogen-bond acceptors (Lipinski definition) is 6. The number of methoxy groups -OCH3 is 1. The van der Waals surface area contributed by atoms with Gasteiger partial charge in [-0.05, 0) is 85.9 Å². The van der Waals surface area contributed by atoms with Crippen molar-refractivity contribution in [1.29, 1.82) is 5.26 Å². The second kappa shape index (κ2) is 12.4. The minimum atomic E-state index is -4.61. The van der Waals surface area contributed by atoms with Crippen LogP contribution in [0.15, 0.2) is 59.6 Å². The van der Waals surface area contributed by atoms with Crippen LogP contribution in [0.1, 0.15) is 57.6 Å². The monoisotopic (exact) mass is 551 g/mol. The Morgan fingerprint density at radius 1 is 1.13 bits per heavy atom. The Kier molecular flexibility index (Phi) is 8.97. The minimum absolute atomic E-state index is 0.0102. The van der Waals surface area contributed by atoms with Gasteiger partial charge in [0.05, 0.1) is 12.7 Å². The van der Waals surface area contributed by atoms with Gasteiger partial charge in [-0.2, -0.15) is 18.4 Å². The Hall–Kier alpha value is -3.77. The van der Waals surface area contributed by atoms with E-state index in [-0.39, 0.29) is 27.7 Å². The van der Waals surface area contributed by atoms with E-state index in [0.717, 1.165) is 42.2 Å². The van der Waals surface area contributed by atoms with Gasteiger partial charge in [-0.25, -0.2) is 4.98 Å². The van der Waals surface area contributed by atoms with Gasteiger partial charge in [0.25, 0.3) is 0 Å². The summed E-state index contributed by atoms with van der Waals surface area (Å²) < 4.78 is 45.3. The number of piperidine rings is 1. The normalized spacial score (nSPS) is 13.9. The largest absolute Gasteiger partial charge is 0.496 e. The molecule has 0 saturated carbocycles. The lowest BCUT2D eigenvalue weighted by Crippen LogP contribution is -2.29. The molecule has 0 bridgehead atoms. The maximum atomic E-state index is 13.3. The number of alkyl halides is 3. The van der Waals surface area contributed by atoms with Gasteiger partial charge >= 0.3 is 6.18 Å². The molecule has 3 aromatic rings. The van der Waals surface area contributed by atoms with E-state index in [2.05, 4.69) is 9.88 Å². The number of ketones is 1. The van der Waals surface area contributed by atoms with Crippen molar-refractivity contribution in [2.45, 2.75) is 43.1 Å². The highest BCUT2D eigenvalue weighted by molar-refractivity contribution is 7.98.